The molecule has 6 nitrogen and oxygen atoms in total. The van der Waals surface area contributed by atoms with Gasteiger partial charge in [-0.1, -0.05) is 18.2 Å². The van der Waals surface area contributed by atoms with E-state index in [4.69, 9.17) is 4.74 Å². The van der Waals surface area contributed by atoms with Crippen LogP contribution in [-0.2, 0) is 9.59 Å². The van der Waals surface area contributed by atoms with Crippen molar-refractivity contribution in [3.63, 3.8) is 0 Å². The first-order chi connectivity index (χ1) is 16.2. The van der Waals surface area contributed by atoms with E-state index in [1.807, 2.05) is 39.8 Å². The number of aryl methyl sites for hydroxylation is 2. The number of aromatic hydroxyl groups is 1. The van der Waals surface area contributed by atoms with Crippen molar-refractivity contribution in [1.29, 1.82) is 0 Å². The number of ether oxygens (including phenoxy) is 1. The van der Waals surface area contributed by atoms with Crippen LogP contribution in [0.1, 0.15) is 42.1 Å². The molecule has 0 saturated carbocycles. The van der Waals surface area contributed by atoms with E-state index in [2.05, 4.69) is 0 Å². The number of nitrogens with zero attached hydrogens (tertiary/aromatic N) is 1. The summed E-state index contributed by atoms with van der Waals surface area (Å²) < 4.78 is 5.66. The largest absolute Gasteiger partial charge is 0.508 e. The number of ketones is 1. The minimum absolute atomic E-state index is 0.00256. The Hall–Kier alpha value is -4.06. The molecule has 0 bridgehead atoms. The van der Waals surface area contributed by atoms with Gasteiger partial charge in [0.15, 0.2) is 0 Å². The highest BCUT2D eigenvalue weighted by Gasteiger charge is 2.47. The fourth-order valence-electron chi connectivity index (χ4n) is 4.07. The number of rotatable bonds is 5. The van der Waals surface area contributed by atoms with E-state index in [9.17, 15) is 19.8 Å². The van der Waals surface area contributed by atoms with Gasteiger partial charge >= 0.3 is 0 Å². The monoisotopic (exact) mass is 457 g/mol. The Morgan fingerprint density at radius 3 is 2.15 bits per heavy atom. The van der Waals surface area contributed by atoms with Crippen molar-refractivity contribution >= 4 is 23.1 Å². The second-order valence-corrected chi connectivity index (χ2v) is 8.72. The molecule has 1 fully saturated rings. The van der Waals surface area contributed by atoms with Crippen LogP contribution in [0, 0.1) is 13.8 Å². The lowest BCUT2D eigenvalue weighted by molar-refractivity contribution is -0.132. The van der Waals surface area contributed by atoms with E-state index >= 15 is 0 Å². The molecule has 0 radical (unpaired) electrons. The summed E-state index contributed by atoms with van der Waals surface area (Å²) >= 11 is 0. The highest BCUT2D eigenvalue weighted by atomic mass is 16.5. The van der Waals surface area contributed by atoms with Crippen LogP contribution in [-0.4, -0.2) is 28.0 Å². The standard InChI is InChI=1S/C28H27NO5/c1-16(2)34-23-13-8-20(9-14-23)26(31)24-25(19-6-11-22(30)12-7-19)29(28(33)27(24)32)21-10-5-17(3)18(4)15-21/h5-16,25,30-31H,1-4H3/b26-24+. The van der Waals surface area contributed by atoms with Gasteiger partial charge in [0.05, 0.1) is 17.7 Å². The fraction of sp³-hybridized carbons (Fsp3) is 0.214. The zero-order valence-electron chi connectivity index (χ0n) is 19.6. The summed E-state index contributed by atoms with van der Waals surface area (Å²) in [5.41, 5.74) is 3.58. The average molecular weight is 458 g/mol. The molecule has 174 valence electrons. The highest BCUT2D eigenvalue weighted by Crippen LogP contribution is 2.42. The van der Waals surface area contributed by atoms with Crippen LogP contribution in [0.15, 0.2) is 72.3 Å². The summed E-state index contributed by atoms with van der Waals surface area (Å²) in [6, 6.07) is 17.7. The van der Waals surface area contributed by atoms with Crippen molar-refractivity contribution < 1.29 is 24.5 Å². The summed E-state index contributed by atoms with van der Waals surface area (Å²) in [7, 11) is 0. The molecule has 2 N–H and O–H groups in total. The Morgan fingerprint density at radius 1 is 0.912 bits per heavy atom. The third-order valence-corrected chi connectivity index (χ3v) is 5.92. The normalized spacial score (nSPS) is 17.4. The highest BCUT2D eigenvalue weighted by molar-refractivity contribution is 6.51. The number of hydrogen-bond acceptors (Lipinski definition) is 5. The lowest BCUT2D eigenvalue weighted by atomic mass is 9.95. The Labute approximate surface area is 198 Å². The number of carbonyl (C=O) groups excluding carboxylic acids is 2. The maximum atomic E-state index is 13.2. The molecule has 1 aliphatic heterocycles. The Bertz CT molecular complexity index is 1270. The third-order valence-electron chi connectivity index (χ3n) is 5.92. The van der Waals surface area contributed by atoms with Gasteiger partial charge in [-0.2, -0.15) is 0 Å². The Morgan fingerprint density at radius 2 is 1.56 bits per heavy atom. The first kappa shape index (κ1) is 23.1. The fourth-order valence-corrected chi connectivity index (χ4v) is 4.07. The first-order valence-corrected chi connectivity index (χ1v) is 11.1. The van der Waals surface area contributed by atoms with Crippen LogP contribution in [0.5, 0.6) is 11.5 Å². The van der Waals surface area contributed by atoms with Crippen molar-refractivity contribution in [2.45, 2.75) is 39.8 Å². The van der Waals surface area contributed by atoms with Gasteiger partial charge in [0, 0.05) is 11.3 Å². The number of phenols is 1. The smallest absolute Gasteiger partial charge is 0.300 e. The van der Waals surface area contributed by atoms with E-state index in [1.165, 1.54) is 17.0 Å². The maximum absolute atomic E-state index is 13.2. The number of amides is 1. The van der Waals surface area contributed by atoms with Gasteiger partial charge in [-0.25, -0.2) is 0 Å². The van der Waals surface area contributed by atoms with Crippen molar-refractivity contribution in [1.82, 2.24) is 0 Å². The number of hydrogen-bond donors (Lipinski definition) is 2. The van der Waals surface area contributed by atoms with E-state index in [0.29, 0.717) is 22.6 Å². The Kier molecular flexibility index (Phi) is 6.16. The molecular formula is C28H27NO5. The number of carbonyl (C=O) groups is 2. The molecule has 1 aliphatic rings. The van der Waals surface area contributed by atoms with E-state index in [1.54, 1.807) is 42.5 Å². The van der Waals surface area contributed by atoms with Crippen molar-refractivity contribution in [3.05, 3.63) is 94.6 Å². The summed E-state index contributed by atoms with van der Waals surface area (Å²) in [5.74, 6) is -1.05. The van der Waals surface area contributed by atoms with Crippen LogP contribution in [0.25, 0.3) is 5.76 Å². The topological polar surface area (TPSA) is 87.1 Å². The van der Waals surface area contributed by atoms with Crippen LogP contribution in [0.4, 0.5) is 5.69 Å². The molecular weight excluding hydrogens is 430 g/mol. The van der Waals surface area contributed by atoms with Gasteiger partial charge in [0.2, 0.25) is 0 Å². The lowest BCUT2D eigenvalue weighted by Crippen LogP contribution is -2.29. The molecule has 3 aromatic carbocycles. The van der Waals surface area contributed by atoms with E-state index in [0.717, 1.165) is 11.1 Å². The number of Topliss-reactive ketones (excluding diaryl/α,β-unsaturated/α-hetero) is 1. The van der Waals surface area contributed by atoms with Gasteiger partial charge in [-0.05, 0) is 92.9 Å². The molecule has 1 atom stereocenters. The zero-order chi connectivity index (χ0) is 24.6. The molecule has 0 spiro atoms. The van der Waals surface area contributed by atoms with Gasteiger partial charge in [0.1, 0.15) is 17.3 Å². The first-order valence-electron chi connectivity index (χ1n) is 11.1. The average Bonchev–Trinajstić information content (AvgIpc) is 3.06. The van der Waals surface area contributed by atoms with Crippen LogP contribution in [0.3, 0.4) is 0 Å². The van der Waals surface area contributed by atoms with Gasteiger partial charge in [0.25, 0.3) is 11.7 Å². The zero-order valence-corrected chi connectivity index (χ0v) is 19.6. The van der Waals surface area contributed by atoms with Gasteiger partial charge in [-0.15, -0.1) is 0 Å². The summed E-state index contributed by atoms with van der Waals surface area (Å²) in [6.45, 7) is 7.74. The molecule has 1 heterocycles. The van der Waals surface area contributed by atoms with Crippen LogP contribution in [0.2, 0.25) is 0 Å². The Balaban J connectivity index is 1.87. The minimum atomic E-state index is -0.853. The summed E-state index contributed by atoms with van der Waals surface area (Å²) in [4.78, 5) is 27.9. The third kappa shape index (κ3) is 4.27. The lowest BCUT2D eigenvalue weighted by Gasteiger charge is -2.26. The molecule has 34 heavy (non-hydrogen) atoms. The van der Waals surface area contributed by atoms with Crippen LogP contribution >= 0.6 is 0 Å². The molecule has 0 aliphatic carbocycles. The second kappa shape index (κ2) is 9.06. The van der Waals surface area contributed by atoms with E-state index < -0.39 is 17.7 Å². The van der Waals surface area contributed by atoms with Crippen LogP contribution < -0.4 is 9.64 Å². The quantitative estimate of drug-likeness (QED) is 0.303. The maximum Gasteiger partial charge on any atom is 0.300 e. The number of anilines is 1. The number of aliphatic hydroxyl groups is 1. The summed E-state index contributed by atoms with van der Waals surface area (Å²) in [5, 5.41) is 21.0. The number of aliphatic hydroxyl groups excluding tert-OH is 1. The molecule has 1 saturated heterocycles. The van der Waals surface area contributed by atoms with Crippen molar-refractivity contribution in [2.75, 3.05) is 4.90 Å². The second-order valence-electron chi connectivity index (χ2n) is 8.72. The molecule has 6 heteroatoms. The molecule has 3 aromatic rings. The predicted molar refractivity (Wildman–Crippen MR) is 131 cm³/mol. The molecule has 0 aromatic heterocycles. The van der Waals surface area contributed by atoms with Crippen molar-refractivity contribution in [2.24, 2.45) is 0 Å². The number of benzene rings is 3. The molecule has 1 amide bonds. The number of phenolic OH excluding ortho intramolecular Hbond substituents is 1. The minimum Gasteiger partial charge on any atom is -0.508 e. The van der Waals surface area contributed by atoms with E-state index in [-0.39, 0.29) is 23.2 Å². The molecule has 4 rings (SSSR count). The van der Waals surface area contributed by atoms with Gasteiger partial charge in [-0.3, -0.25) is 14.5 Å². The predicted octanol–water partition coefficient (Wildman–Crippen LogP) is 5.42. The summed E-state index contributed by atoms with van der Waals surface area (Å²) in [6.07, 6.45) is -0.00256. The van der Waals surface area contributed by atoms with Crippen molar-refractivity contribution in [3.8, 4) is 11.5 Å². The SMILES string of the molecule is Cc1ccc(N2C(=O)C(=O)/C(=C(/O)c3ccc(OC(C)C)cc3)C2c2ccc(O)cc2)cc1C. The molecule has 1 unspecified atom stereocenters. The van der Waals surface area contributed by atoms with Gasteiger partial charge < -0.3 is 14.9 Å².